The first-order chi connectivity index (χ1) is 16.4. The second kappa shape index (κ2) is 9.58. The summed E-state index contributed by atoms with van der Waals surface area (Å²) < 4.78 is 5.14. The zero-order chi connectivity index (χ0) is 24.2. The van der Waals surface area contributed by atoms with E-state index < -0.39 is 22.7 Å². The molecule has 4 rings (SSSR count). The molecule has 0 bridgehead atoms. The number of hydrogen-bond acceptors (Lipinski definition) is 6. The van der Waals surface area contributed by atoms with Crippen molar-refractivity contribution < 1.29 is 24.4 Å². The van der Waals surface area contributed by atoms with Gasteiger partial charge in [-0.3, -0.25) is 19.7 Å². The van der Waals surface area contributed by atoms with E-state index in [4.69, 9.17) is 4.74 Å². The number of benzene rings is 3. The van der Waals surface area contributed by atoms with E-state index >= 15 is 0 Å². The normalized spacial score (nSPS) is 17.1. The summed E-state index contributed by atoms with van der Waals surface area (Å²) in [4.78, 5) is 38.3. The van der Waals surface area contributed by atoms with Gasteiger partial charge in [0.25, 0.3) is 17.4 Å². The highest BCUT2D eigenvalue weighted by Crippen LogP contribution is 2.40. The molecule has 8 heteroatoms. The van der Waals surface area contributed by atoms with Crippen molar-refractivity contribution in [3.8, 4) is 5.75 Å². The first-order valence-corrected chi connectivity index (χ1v) is 10.6. The summed E-state index contributed by atoms with van der Waals surface area (Å²) in [7, 11) is 1.51. The molecule has 1 heterocycles. The predicted molar refractivity (Wildman–Crippen MR) is 125 cm³/mol. The third kappa shape index (κ3) is 4.38. The molecule has 1 N–H and O–H groups in total. The van der Waals surface area contributed by atoms with Crippen LogP contribution in [0.2, 0.25) is 0 Å². The zero-order valence-electron chi connectivity index (χ0n) is 18.4. The average Bonchev–Trinajstić information content (AvgIpc) is 3.12. The second-order valence-corrected chi connectivity index (χ2v) is 7.81. The van der Waals surface area contributed by atoms with Crippen LogP contribution in [0.3, 0.4) is 0 Å². The molecule has 1 fully saturated rings. The zero-order valence-corrected chi connectivity index (χ0v) is 18.4. The molecule has 3 aromatic rings. The van der Waals surface area contributed by atoms with Crippen molar-refractivity contribution in [3.63, 3.8) is 0 Å². The van der Waals surface area contributed by atoms with Crippen LogP contribution in [0.25, 0.3) is 5.76 Å². The first-order valence-electron chi connectivity index (χ1n) is 10.6. The molecule has 0 aromatic heterocycles. The van der Waals surface area contributed by atoms with Crippen LogP contribution in [0.1, 0.15) is 22.7 Å². The summed E-state index contributed by atoms with van der Waals surface area (Å²) in [6.45, 7) is 0.196. The van der Waals surface area contributed by atoms with E-state index in [1.807, 2.05) is 30.3 Å². The fraction of sp³-hybridized carbons (Fsp3) is 0.154. The monoisotopic (exact) mass is 458 g/mol. The molecule has 1 amide bonds. The smallest absolute Gasteiger partial charge is 0.295 e. The minimum Gasteiger partial charge on any atom is -0.507 e. The number of hydrogen-bond donors (Lipinski definition) is 1. The summed E-state index contributed by atoms with van der Waals surface area (Å²) in [5.74, 6) is -1.38. The molecule has 8 nitrogen and oxygen atoms in total. The Morgan fingerprint density at radius 3 is 2.38 bits per heavy atom. The van der Waals surface area contributed by atoms with Crippen molar-refractivity contribution >= 4 is 23.1 Å². The van der Waals surface area contributed by atoms with Gasteiger partial charge in [0.05, 0.1) is 23.6 Å². The van der Waals surface area contributed by atoms with Gasteiger partial charge in [-0.2, -0.15) is 0 Å². The minimum atomic E-state index is -0.967. The summed E-state index contributed by atoms with van der Waals surface area (Å²) >= 11 is 0. The number of carbonyl (C=O) groups excluding carboxylic acids is 2. The van der Waals surface area contributed by atoms with Crippen LogP contribution in [0, 0.1) is 10.1 Å². The third-order valence-electron chi connectivity index (χ3n) is 5.78. The molecule has 0 spiro atoms. The molecular formula is C26H22N2O6. The van der Waals surface area contributed by atoms with Crippen LogP contribution < -0.4 is 4.74 Å². The van der Waals surface area contributed by atoms with Gasteiger partial charge in [-0.1, -0.05) is 42.5 Å². The number of non-ortho nitro benzene ring substituents is 1. The van der Waals surface area contributed by atoms with Gasteiger partial charge in [0.2, 0.25) is 0 Å². The Hall–Kier alpha value is -4.46. The van der Waals surface area contributed by atoms with Crippen LogP contribution in [0.15, 0.2) is 84.4 Å². The van der Waals surface area contributed by atoms with Crippen molar-refractivity contribution in [1.82, 2.24) is 4.90 Å². The molecule has 1 saturated heterocycles. The summed E-state index contributed by atoms with van der Waals surface area (Å²) in [6, 6.07) is 20.7. The van der Waals surface area contributed by atoms with Gasteiger partial charge in [-0.15, -0.1) is 0 Å². The first kappa shape index (κ1) is 22.7. The molecule has 1 atom stereocenters. The number of ether oxygens (including phenoxy) is 1. The Morgan fingerprint density at radius 2 is 1.74 bits per heavy atom. The molecule has 172 valence electrons. The fourth-order valence-electron chi connectivity index (χ4n) is 4.06. The number of carbonyl (C=O) groups is 2. The standard InChI is InChI=1S/C26H22N2O6/c1-34-21-12-10-18(11-13-21)24(29)22-23(19-8-5-9-20(16-19)28(32)33)27(26(31)25(22)30)15-14-17-6-3-2-4-7-17/h2-13,16,23,29H,14-15H2,1H3/t23-/m0/s1. The largest absolute Gasteiger partial charge is 0.507 e. The van der Waals surface area contributed by atoms with E-state index in [0.29, 0.717) is 23.3 Å². The number of nitro groups is 1. The highest BCUT2D eigenvalue weighted by Gasteiger charge is 2.46. The Morgan fingerprint density at radius 1 is 1.03 bits per heavy atom. The topological polar surface area (TPSA) is 110 Å². The van der Waals surface area contributed by atoms with E-state index in [1.165, 1.54) is 30.2 Å². The lowest BCUT2D eigenvalue weighted by molar-refractivity contribution is -0.384. The van der Waals surface area contributed by atoms with Gasteiger partial charge in [0.1, 0.15) is 11.5 Å². The van der Waals surface area contributed by atoms with Crippen molar-refractivity contribution in [3.05, 3.63) is 111 Å². The summed E-state index contributed by atoms with van der Waals surface area (Å²) in [6.07, 6.45) is 0.474. The summed E-state index contributed by atoms with van der Waals surface area (Å²) in [5.41, 5.74) is 1.39. The number of likely N-dealkylation sites (tertiary alicyclic amines) is 1. The van der Waals surface area contributed by atoms with E-state index in [-0.39, 0.29) is 23.6 Å². The fourth-order valence-corrected chi connectivity index (χ4v) is 4.06. The van der Waals surface area contributed by atoms with E-state index in [1.54, 1.807) is 30.3 Å². The molecule has 3 aromatic carbocycles. The predicted octanol–water partition coefficient (Wildman–Crippen LogP) is 4.27. The lowest BCUT2D eigenvalue weighted by Crippen LogP contribution is -2.31. The van der Waals surface area contributed by atoms with Crippen LogP contribution in [0.4, 0.5) is 5.69 Å². The molecule has 1 aliphatic heterocycles. The van der Waals surface area contributed by atoms with Gasteiger partial charge in [-0.25, -0.2) is 0 Å². The molecule has 0 saturated carbocycles. The number of Topliss-reactive ketones (excluding diaryl/α,β-unsaturated/α-hetero) is 1. The van der Waals surface area contributed by atoms with Crippen LogP contribution in [0.5, 0.6) is 5.75 Å². The van der Waals surface area contributed by atoms with Gasteiger partial charge >= 0.3 is 0 Å². The van der Waals surface area contributed by atoms with E-state index in [9.17, 15) is 24.8 Å². The Kier molecular flexibility index (Phi) is 6.40. The number of rotatable bonds is 7. The number of nitrogens with zero attached hydrogens (tertiary/aromatic N) is 2. The number of nitro benzene ring substituents is 1. The molecular weight excluding hydrogens is 436 g/mol. The number of ketones is 1. The minimum absolute atomic E-state index is 0.108. The van der Waals surface area contributed by atoms with Crippen molar-refractivity contribution in [2.45, 2.75) is 12.5 Å². The molecule has 0 unspecified atom stereocenters. The molecule has 0 radical (unpaired) electrons. The average molecular weight is 458 g/mol. The van der Waals surface area contributed by atoms with Gasteiger partial charge in [0, 0.05) is 24.2 Å². The Labute approximate surface area is 195 Å². The van der Waals surface area contributed by atoms with Crippen LogP contribution in [-0.4, -0.2) is 40.3 Å². The number of aliphatic hydroxyl groups is 1. The molecule has 1 aliphatic rings. The quantitative estimate of drug-likeness (QED) is 0.186. The van der Waals surface area contributed by atoms with Gasteiger partial charge in [0.15, 0.2) is 0 Å². The van der Waals surface area contributed by atoms with Gasteiger partial charge < -0.3 is 14.7 Å². The van der Waals surface area contributed by atoms with Crippen molar-refractivity contribution in [1.29, 1.82) is 0 Å². The van der Waals surface area contributed by atoms with Crippen molar-refractivity contribution in [2.75, 3.05) is 13.7 Å². The molecule has 34 heavy (non-hydrogen) atoms. The number of aliphatic hydroxyl groups excluding tert-OH is 1. The van der Waals surface area contributed by atoms with E-state index in [2.05, 4.69) is 0 Å². The highest BCUT2D eigenvalue weighted by atomic mass is 16.6. The number of amides is 1. The van der Waals surface area contributed by atoms with Crippen LogP contribution >= 0.6 is 0 Å². The van der Waals surface area contributed by atoms with E-state index in [0.717, 1.165) is 5.56 Å². The molecule has 0 aliphatic carbocycles. The lowest BCUT2D eigenvalue weighted by atomic mass is 9.95. The third-order valence-corrected chi connectivity index (χ3v) is 5.78. The highest BCUT2D eigenvalue weighted by molar-refractivity contribution is 6.46. The number of methoxy groups -OCH3 is 1. The second-order valence-electron chi connectivity index (χ2n) is 7.81. The maximum atomic E-state index is 13.1. The SMILES string of the molecule is COc1ccc(C(O)=C2C(=O)C(=O)N(CCc3ccccc3)[C@H]2c2cccc([N+](=O)[O-])c2)cc1. The maximum Gasteiger partial charge on any atom is 0.295 e. The van der Waals surface area contributed by atoms with Crippen LogP contribution in [-0.2, 0) is 16.0 Å². The summed E-state index contributed by atoms with van der Waals surface area (Å²) in [5, 5.41) is 22.5. The maximum absolute atomic E-state index is 13.1. The van der Waals surface area contributed by atoms with Gasteiger partial charge in [-0.05, 0) is 41.8 Å². The lowest BCUT2D eigenvalue weighted by Gasteiger charge is -2.25. The Balaban J connectivity index is 1.81. The van der Waals surface area contributed by atoms with Crippen molar-refractivity contribution in [2.24, 2.45) is 0 Å². The Bertz CT molecular complexity index is 1270.